The van der Waals surface area contributed by atoms with Crippen LogP contribution in [0.15, 0.2) is 36.4 Å². The molecule has 0 saturated heterocycles. The van der Waals surface area contributed by atoms with E-state index < -0.39 is 0 Å². The monoisotopic (exact) mass is 291 g/mol. The molecule has 4 nitrogen and oxygen atoms in total. The molecule has 20 heavy (non-hydrogen) atoms. The van der Waals surface area contributed by atoms with Crippen LogP contribution in [0.1, 0.15) is 15.9 Å². The zero-order valence-corrected chi connectivity index (χ0v) is 11.9. The Bertz CT molecular complexity index is 656. The molecule has 0 radical (unpaired) electrons. The van der Waals surface area contributed by atoms with Crippen LogP contribution < -0.4 is 15.2 Å². The summed E-state index contributed by atoms with van der Waals surface area (Å²) in [6.07, 6.45) is 0. The van der Waals surface area contributed by atoms with Gasteiger partial charge in [0, 0.05) is 17.3 Å². The lowest BCUT2D eigenvalue weighted by molar-refractivity contribution is 0.103. The van der Waals surface area contributed by atoms with Gasteiger partial charge in [0.15, 0.2) is 5.78 Å². The SMILES string of the molecule is COc1cc(C(=O)c2ccccc2N)c(OC)cc1Cl. The fourth-order valence-electron chi connectivity index (χ4n) is 1.89. The number of nitrogens with two attached hydrogens (primary N) is 1. The van der Waals surface area contributed by atoms with Gasteiger partial charge in [-0.2, -0.15) is 0 Å². The number of benzene rings is 2. The molecule has 0 fully saturated rings. The third-order valence-electron chi connectivity index (χ3n) is 2.92. The average molecular weight is 292 g/mol. The Morgan fingerprint density at radius 1 is 1.05 bits per heavy atom. The van der Waals surface area contributed by atoms with Crippen molar-refractivity contribution < 1.29 is 14.3 Å². The molecule has 0 spiro atoms. The van der Waals surface area contributed by atoms with E-state index in [1.807, 2.05) is 0 Å². The molecule has 2 aromatic rings. The van der Waals surface area contributed by atoms with E-state index in [9.17, 15) is 4.79 Å². The predicted molar refractivity (Wildman–Crippen MR) is 78.8 cm³/mol. The fourth-order valence-corrected chi connectivity index (χ4v) is 2.12. The molecule has 0 heterocycles. The van der Waals surface area contributed by atoms with Gasteiger partial charge in [-0.25, -0.2) is 0 Å². The van der Waals surface area contributed by atoms with E-state index in [1.54, 1.807) is 36.4 Å². The number of ether oxygens (including phenoxy) is 2. The maximum Gasteiger partial charge on any atom is 0.198 e. The van der Waals surface area contributed by atoms with Crippen LogP contribution in [0, 0.1) is 0 Å². The van der Waals surface area contributed by atoms with Crippen molar-refractivity contribution in [2.24, 2.45) is 0 Å². The number of hydrogen-bond acceptors (Lipinski definition) is 4. The van der Waals surface area contributed by atoms with Gasteiger partial charge in [-0.1, -0.05) is 23.7 Å². The first-order valence-corrected chi connectivity index (χ1v) is 6.27. The van der Waals surface area contributed by atoms with Gasteiger partial charge in [0.25, 0.3) is 0 Å². The first-order valence-electron chi connectivity index (χ1n) is 5.89. The number of carbonyl (C=O) groups excluding carboxylic acids is 1. The molecular weight excluding hydrogens is 278 g/mol. The summed E-state index contributed by atoms with van der Waals surface area (Å²) >= 11 is 6.02. The highest BCUT2D eigenvalue weighted by Crippen LogP contribution is 2.34. The van der Waals surface area contributed by atoms with Gasteiger partial charge in [-0.3, -0.25) is 4.79 Å². The Balaban J connectivity index is 2.57. The van der Waals surface area contributed by atoms with E-state index in [2.05, 4.69) is 0 Å². The Morgan fingerprint density at radius 3 is 2.30 bits per heavy atom. The minimum absolute atomic E-state index is 0.241. The van der Waals surface area contributed by atoms with Crippen LogP contribution in [0.2, 0.25) is 5.02 Å². The van der Waals surface area contributed by atoms with Gasteiger partial charge in [0.05, 0.1) is 24.8 Å². The van der Waals surface area contributed by atoms with Crippen molar-refractivity contribution >= 4 is 23.1 Å². The molecule has 0 saturated carbocycles. The van der Waals surface area contributed by atoms with Crippen LogP contribution in [-0.2, 0) is 0 Å². The van der Waals surface area contributed by atoms with Crippen molar-refractivity contribution in [2.75, 3.05) is 20.0 Å². The van der Waals surface area contributed by atoms with Crippen molar-refractivity contribution in [2.45, 2.75) is 0 Å². The largest absolute Gasteiger partial charge is 0.496 e. The highest BCUT2D eigenvalue weighted by atomic mass is 35.5. The Kier molecular flexibility index (Phi) is 4.15. The molecule has 0 atom stereocenters. The zero-order chi connectivity index (χ0) is 14.7. The second-order valence-corrected chi connectivity index (χ2v) is 4.51. The molecule has 2 rings (SSSR count). The summed E-state index contributed by atoms with van der Waals surface area (Å²) in [7, 11) is 2.96. The maximum atomic E-state index is 12.6. The van der Waals surface area contributed by atoms with Gasteiger partial charge in [0.1, 0.15) is 11.5 Å². The van der Waals surface area contributed by atoms with E-state index in [4.69, 9.17) is 26.8 Å². The summed E-state index contributed by atoms with van der Waals surface area (Å²) < 4.78 is 10.3. The summed E-state index contributed by atoms with van der Waals surface area (Å²) in [4.78, 5) is 12.6. The molecule has 0 aliphatic carbocycles. The van der Waals surface area contributed by atoms with Crippen LogP contribution in [-0.4, -0.2) is 20.0 Å². The van der Waals surface area contributed by atoms with Crippen molar-refractivity contribution in [1.82, 2.24) is 0 Å². The van der Waals surface area contributed by atoms with Gasteiger partial charge < -0.3 is 15.2 Å². The molecule has 0 aliphatic heterocycles. The second kappa shape index (κ2) is 5.84. The van der Waals surface area contributed by atoms with Gasteiger partial charge in [0.2, 0.25) is 0 Å². The van der Waals surface area contributed by atoms with Crippen LogP contribution in [0.4, 0.5) is 5.69 Å². The van der Waals surface area contributed by atoms with E-state index in [1.165, 1.54) is 14.2 Å². The highest BCUT2D eigenvalue weighted by Gasteiger charge is 2.19. The second-order valence-electron chi connectivity index (χ2n) is 4.10. The lowest BCUT2D eigenvalue weighted by Crippen LogP contribution is -2.07. The van der Waals surface area contributed by atoms with Gasteiger partial charge in [-0.15, -0.1) is 0 Å². The molecule has 2 aromatic carbocycles. The van der Waals surface area contributed by atoms with E-state index >= 15 is 0 Å². The minimum atomic E-state index is -0.241. The molecule has 0 bridgehead atoms. The van der Waals surface area contributed by atoms with Crippen LogP contribution in [0.25, 0.3) is 0 Å². The van der Waals surface area contributed by atoms with Crippen molar-refractivity contribution in [1.29, 1.82) is 0 Å². The van der Waals surface area contributed by atoms with E-state index in [-0.39, 0.29) is 5.78 Å². The van der Waals surface area contributed by atoms with Crippen molar-refractivity contribution in [3.05, 3.63) is 52.5 Å². The number of carbonyl (C=O) groups is 1. The normalized spacial score (nSPS) is 10.2. The number of methoxy groups -OCH3 is 2. The number of anilines is 1. The van der Waals surface area contributed by atoms with Crippen molar-refractivity contribution in [3.63, 3.8) is 0 Å². The first kappa shape index (κ1) is 14.2. The molecule has 5 heteroatoms. The first-order chi connectivity index (χ1) is 9.58. The number of ketones is 1. The van der Waals surface area contributed by atoms with Crippen molar-refractivity contribution in [3.8, 4) is 11.5 Å². The Hall–Kier alpha value is -2.20. The van der Waals surface area contributed by atoms with E-state index in [0.29, 0.717) is 33.3 Å². The number of para-hydroxylation sites is 1. The molecular formula is C15H14ClNO3. The summed E-state index contributed by atoms with van der Waals surface area (Å²) in [5.41, 5.74) is 7.01. The molecule has 0 unspecified atom stereocenters. The molecule has 104 valence electrons. The van der Waals surface area contributed by atoms with Gasteiger partial charge in [-0.05, 0) is 18.2 Å². The molecule has 2 N–H and O–H groups in total. The van der Waals surface area contributed by atoms with E-state index in [0.717, 1.165) is 0 Å². The molecule has 0 amide bonds. The highest BCUT2D eigenvalue weighted by molar-refractivity contribution is 6.32. The maximum absolute atomic E-state index is 12.6. The van der Waals surface area contributed by atoms with Crippen LogP contribution in [0.5, 0.6) is 11.5 Å². The predicted octanol–water partition coefficient (Wildman–Crippen LogP) is 3.17. The Labute approximate surface area is 122 Å². The molecule has 0 aromatic heterocycles. The lowest BCUT2D eigenvalue weighted by atomic mass is 10.0. The number of halogens is 1. The summed E-state index contributed by atoms with van der Waals surface area (Å²) in [6, 6.07) is 9.96. The van der Waals surface area contributed by atoms with Crippen LogP contribution >= 0.6 is 11.6 Å². The quantitative estimate of drug-likeness (QED) is 0.694. The number of nitrogen functional groups attached to an aromatic ring is 1. The molecule has 0 aliphatic rings. The third-order valence-corrected chi connectivity index (χ3v) is 3.22. The zero-order valence-electron chi connectivity index (χ0n) is 11.1. The smallest absolute Gasteiger partial charge is 0.198 e. The van der Waals surface area contributed by atoms with Gasteiger partial charge >= 0.3 is 0 Å². The topological polar surface area (TPSA) is 61.5 Å². The average Bonchev–Trinajstić information content (AvgIpc) is 2.46. The lowest BCUT2D eigenvalue weighted by Gasteiger charge is -2.12. The fraction of sp³-hybridized carbons (Fsp3) is 0.133. The summed E-state index contributed by atoms with van der Waals surface area (Å²) in [5, 5.41) is 0.377. The number of rotatable bonds is 4. The summed E-state index contributed by atoms with van der Waals surface area (Å²) in [5.74, 6) is 0.546. The standard InChI is InChI=1S/C15H14ClNO3/c1-19-13-8-11(16)14(20-2)7-10(13)15(18)9-5-3-4-6-12(9)17/h3-8H,17H2,1-2H3. The van der Waals surface area contributed by atoms with Crippen LogP contribution in [0.3, 0.4) is 0 Å². The summed E-state index contributed by atoms with van der Waals surface area (Å²) in [6.45, 7) is 0. The number of hydrogen-bond donors (Lipinski definition) is 1. The Morgan fingerprint density at radius 2 is 1.70 bits per heavy atom. The minimum Gasteiger partial charge on any atom is -0.496 e. The third kappa shape index (κ3) is 2.56.